The molecule has 55 valence electrons. The fourth-order valence-corrected chi connectivity index (χ4v) is 1.17. The van der Waals surface area contributed by atoms with E-state index < -0.39 is 7.60 Å². The van der Waals surface area contributed by atoms with Gasteiger partial charge in [-0.05, 0) is 13.8 Å². The maximum atomic E-state index is 10.4. The molecule has 0 fully saturated rings. The molecule has 1 N–H and O–H groups in total. The Morgan fingerprint density at radius 2 is 1.89 bits per heavy atom. The van der Waals surface area contributed by atoms with E-state index in [4.69, 9.17) is 4.89 Å². The minimum atomic E-state index is -3.22. The Morgan fingerprint density at radius 1 is 1.56 bits per heavy atom. The summed E-state index contributed by atoms with van der Waals surface area (Å²) in [4.78, 5) is 8.52. The van der Waals surface area contributed by atoms with Crippen molar-refractivity contribution in [3.8, 4) is 0 Å². The molecule has 0 amide bonds. The SMILES string of the molecule is CC(C)OP(C)(=O)O.[V]. The third-order valence-corrected chi connectivity index (χ3v) is 1.22. The molecule has 0 heterocycles. The van der Waals surface area contributed by atoms with E-state index >= 15 is 0 Å². The standard InChI is InChI=1S/C4H11O3P.V/c1-4(2)7-8(3,5)6;/h4H,1-3H3,(H,5,6);. The normalized spacial score (nSPS) is 16.6. The van der Waals surface area contributed by atoms with Gasteiger partial charge in [0.15, 0.2) is 0 Å². The second-order valence-electron chi connectivity index (χ2n) is 1.96. The van der Waals surface area contributed by atoms with Crippen LogP contribution < -0.4 is 0 Å². The summed E-state index contributed by atoms with van der Waals surface area (Å²) in [6.07, 6.45) is -0.171. The monoisotopic (exact) mass is 189 g/mol. The Morgan fingerprint density at radius 3 is 1.89 bits per heavy atom. The molecule has 0 aromatic heterocycles. The number of rotatable bonds is 2. The molecule has 0 spiro atoms. The van der Waals surface area contributed by atoms with Crippen molar-refractivity contribution < 1.29 is 32.5 Å². The van der Waals surface area contributed by atoms with Gasteiger partial charge in [-0.2, -0.15) is 0 Å². The fraction of sp³-hybridized carbons (Fsp3) is 1.00. The Kier molecular flexibility index (Phi) is 6.25. The molecule has 0 aliphatic carbocycles. The molecule has 0 aliphatic rings. The molecule has 0 saturated heterocycles. The van der Waals surface area contributed by atoms with E-state index in [1.807, 2.05) is 0 Å². The van der Waals surface area contributed by atoms with Crippen LogP contribution >= 0.6 is 7.60 Å². The molecular formula is C4H11O3PV. The van der Waals surface area contributed by atoms with Gasteiger partial charge in [0.25, 0.3) is 0 Å². The second kappa shape index (κ2) is 4.53. The van der Waals surface area contributed by atoms with Crippen LogP contribution in [0.1, 0.15) is 13.8 Å². The first-order valence-electron chi connectivity index (χ1n) is 2.40. The molecule has 0 aromatic carbocycles. The van der Waals surface area contributed by atoms with E-state index in [1.165, 1.54) is 6.66 Å². The molecule has 1 radical (unpaired) electrons. The van der Waals surface area contributed by atoms with Crippen LogP contribution in [0.5, 0.6) is 0 Å². The van der Waals surface area contributed by atoms with E-state index in [9.17, 15) is 4.57 Å². The zero-order valence-electron chi connectivity index (χ0n) is 5.74. The Labute approximate surface area is 67.2 Å². The molecule has 0 bridgehead atoms. The molecule has 3 nitrogen and oxygen atoms in total. The number of hydrogen-bond acceptors (Lipinski definition) is 2. The summed E-state index contributed by atoms with van der Waals surface area (Å²) in [5.74, 6) is 0. The average molecular weight is 189 g/mol. The smallest absolute Gasteiger partial charge is 0.324 e. The van der Waals surface area contributed by atoms with Crippen LogP contribution in [0.3, 0.4) is 0 Å². The van der Waals surface area contributed by atoms with Gasteiger partial charge in [0.2, 0.25) is 0 Å². The van der Waals surface area contributed by atoms with E-state index in [-0.39, 0.29) is 24.7 Å². The quantitative estimate of drug-likeness (QED) is 0.664. The molecule has 1 unspecified atom stereocenters. The van der Waals surface area contributed by atoms with E-state index in [1.54, 1.807) is 13.8 Å². The van der Waals surface area contributed by atoms with Gasteiger partial charge in [-0.1, -0.05) is 0 Å². The van der Waals surface area contributed by atoms with Crippen molar-refractivity contribution in [3.05, 3.63) is 0 Å². The minimum Gasteiger partial charge on any atom is -0.324 e. The van der Waals surface area contributed by atoms with Gasteiger partial charge in [0.1, 0.15) is 0 Å². The first-order chi connectivity index (χ1) is 3.42. The van der Waals surface area contributed by atoms with Crippen LogP contribution in [0.2, 0.25) is 0 Å². The van der Waals surface area contributed by atoms with Gasteiger partial charge in [-0.15, -0.1) is 0 Å². The van der Waals surface area contributed by atoms with Gasteiger partial charge >= 0.3 is 7.60 Å². The average Bonchev–Trinajstić information content (AvgIpc) is 1.21. The van der Waals surface area contributed by atoms with Gasteiger partial charge in [-0.3, -0.25) is 4.57 Å². The van der Waals surface area contributed by atoms with Gasteiger partial charge < -0.3 is 9.42 Å². The molecule has 0 aliphatic heterocycles. The minimum absolute atomic E-state index is 0. The predicted octanol–water partition coefficient (Wildman–Crippen LogP) is 1.22. The molecule has 0 aromatic rings. The van der Waals surface area contributed by atoms with Crippen LogP contribution in [-0.2, 0) is 27.6 Å². The summed E-state index contributed by atoms with van der Waals surface area (Å²) in [5.41, 5.74) is 0. The topological polar surface area (TPSA) is 46.5 Å². The van der Waals surface area contributed by atoms with Crippen molar-refractivity contribution in [2.24, 2.45) is 0 Å². The van der Waals surface area contributed by atoms with Crippen LogP contribution in [-0.4, -0.2) is 17.7 Å². The fourth-order valence-electron chi connectivity index (χ4n) is 0.391. The Bertz CT molecular complexity index is 108. The maximum absolute atomic E-state index is 10.4. The maximum Gasteiger partial charge on any atom is 0.325 e. The van der Waals surface area contributed by atoms with E-state index in [2.05, 4.69) is 4.52 Å². The summed E-state index contributed by atoms with van der Waals surface area (Å²) in [6, 6.07) is 0. The third kappa shape index (κ3) is 12.0. The summed E-state index contributed by atoms with van der Waals surface area (Å²) >= 11 is 0. The van der Waals surface area contributed by atoms with Crippen LogP contribution in [0, 0.1) is 0 Å². The van der Waals surface area contributed by atoms with Crippen molar-refractivity contribution in [1.82, 2.24) is 0 Å². The molecular weight excluding hydrogens is 178 g/mol. The van der Waals surface area contributed by atoms with Gasteiger partial charge in [0.05, 0.1) is 6.10 Å². The third-order valence-electron chi connectivity index (χ3n) is 0.406. The molecule has 0 saturated carbocycles. The summed E-state index contributed by atoms with van der Waals surface area (Å²) in [5, 5.41) is 0. The molecule has 0 rings (SSSR count). The van der Waals surface area contributed by atoms with Crippen LogP contribution in [0.25, 0.3) is 0 Å². The zero-order valence-corrected chi connectivity index (χ0v) is 8.03. The van der Waals surface area contributed by atoms with Gasteiger partial charge in [0, 0.05) is 25.2 Å². The van der Waals surface area contributed by atoms with Crippen molar-refractivity contribution in [3.63, 3.8) is 0 Å². The van der Waals surface area contributed by atoms with E-state index in [0.29, 0.717) is 0 Å². The van der Waals surface area contributed by atoms with Crippen molar-refractivity contribution in [2.45, 2.75) is 20.0 Å². The van der Waals surface area contributed by atoms with Crippen molar-refractivity contribution >= 4 is 7.60 Å². The van der Waals surface area contributed by atoms with Crippen molar-refractivity contribution in [2.75, 3.05) is 6.66 Å². The van der Waals surface area contributed by atoms with Gasteiger partial charge in [-0.25, -0.2) is 0 Å². The van der Waals surface area contributed by atoms with Crippen LogP contribution in [0.4, 0.5) is 0 Å². The first kappa shape index (κ1) is 12.4. The first-order valence-corrected chi connectivity index (χ1v) is 4.43. The zero-order chi connectivity index (χ0) is 6.78. The Balaban J connectivity index is 0. The summed E-state index contributed by atoms with van der Waals surface area (Å²) in [6.45, 7) is 4.60. The summed E-state index contributed by atoms with van der Waals surface area (Å²) in [7, 11) is -3.22. The Hall–Kier alpha value is 0.734. The van der Waals surface area contributed by atoms with Crippen molar-refractivity contribution in [1.29, 1.82) is 0 Å². The van der Waals surface area contributed by atoms with Crippen LogP contribution in [0.15, 0.2) is 0 Å². The molecule has 5 heteroatoms. The predicted molar refractivity (Wildman–Crippen MR) is 32.0 cm³/mol. The molecule has 9 heavy (non-hydrogen) atoms. The van der Waals surface area contributed by atoms with E-state index in [0.717, 1.165) is 0 Å². The molecule has 1 atom stereocenters. The largest absolute Gasteiger partial charge is 0.325 e. The summed E-state index contributed by atoms with van der Waals surface area (Å²) < 4.78 is 14.9. The number of hydrogen-bond donors (Lipinski definition) is 1. The second-order valence-corrected chi connectivity index (χ2v) is 3.77.